The second-order valence-electron chi connectivity index (χ2n) is 7.17. The number of para-hydroxylation sites is 2. The number of hydrogen-bond donors (Lipinski definition) is 0. The summed E-state index contributed by atoms with van der Waals surface area (Å²) in [6.45, 7) is 0. The lowest BCUT2D eigenvalue weighted by atomic mass is 10.1. The van der Waals surface area contributed by atoms with E-state index in [0.29, 0.717) is 16.7 Å². The van der Waals surface area contributed by atoms with Crippen molar-refractivity contribution in [3.63, 3.8) is 0 Å². The second-order valence-corrected chi connectivity index (χ2v) is 8.81. The van der Waals surface area contributed by atoms with Crippen LogP contribution in [0.3, 0.4) is 0 Å². The third-order valence-electron chi connectivity index (χ3n) is 4.92. The molecule has 0 saturated carbocycles. The van der Waals surface area contributed by atoms with E-state index in [1.54, 1.807) is 40.4 Å². The molecule has 0 fully saturated rings. The summed E-state index contributed by atoms with van der Waals surface area (Å²) in [5, 5.41) is 0. The average Bonchev–Trinajstić information content (AvgIpc) is 2.99. The lowest BCUT2D eigenvalue weighted by molar-refractivity contribution is -0.137. The molecule has 0 aliphatic rings. The Balaban J connectivity index is 1.83. The van der Waals surface area contributed by atoms with Crippen LogP contribution in [0.15, 0.2) is 77.2 Å². The van der Waals surface area contributed by atoms with Gasteiger partial charge in [-0.1, -0.05) is 24.3 Å². The van der Waals surface area contributed by atoms with E-state index < -0.39 is 33.3 Å². The Hall–Kier alpha value is -3.40. The smallest absolute Gasteiger partial charge is 0.312 e. The molecule has 0 aliphatic heterocycles. The maximum Gasteiger partial charge on any atom is 0.416 e. The van der Waals surface area contributed by atoms with Crippen molar-refractivity contribution in [3.8, 4) is 5.69 Å². The first-order valence-corrected chi connectivity index (χ1v) is 11.0. The maximum absolute atomic E-state index is 13.4. The van der Waals surface area contributed by atoms with Crippen LogP contribution in [0.2, 0.25) is 0 Å². The third-order valence-corrected chi connectivity index (χ3v) is 6.06. The van der Waals surface area contributed by atoms with Crippen LogP contribution in [0.4, 0.5) is 17.6 Å². The van der Waals surface area contributed by atoms with Crippen LogP contribution < -0.4 is 5.62 Å². The van der Waals surface area contributed by atoms with Crippen molar-refractivity contribution in [2.75, 3.05) is 0 Å². The molecule has 0 atom stereocenters. The lowest BCUT2D eigenvalue weighted by Gasteiger charge is -2.07. The molecular formula is C22H17F4N3O2S. The zero-order valence-electron chi connectivity index (χ0n) is 16.7. The predicted octanol–water partition coefficient (Wildman–Crippen LogP) is 4.56. The number of hydrogen-bond acceptors (Lipinski definition) is 2. The zero-order chi connectivity index (χ0) is 23.1. The summed E-state index contributed by atoms with van der Waals surface area (Å²) in [5.74, 6) is -1.01. The Morgan fingerprint density at radius 1 is 0.875 bits per heavy atom. The van der Waals surface area contributed by atoms with Crippen molar-refractivity contribution in [2.24, 2.45) is 11.4 Å². The Labute approximate surface area is 180 Å². The molecule has 0 bridgehead atoms. The molecule has 166 valence electrons. The highest BCUT2D eigenvalue weighted by Gasteiger charge is 2.30. The number of benzene rings is 3. The van der Waals surface area contributed by atoms with Crippen LogP contribution in [-0.2, 0) is 29.0 Å². The summed E-state index contributed by atoms with van der Waals surface area (Å²) in [6, 6.07) is 16.6. The molecule has 10 heteroatoms. The summed E-state index contributed by atoms with van der Waals surface area (Å²) in [7, 11) is -2.47. The van der Waals surface area contributed by atoms with E-state index in [9.17, 15) is 26.0 Å². The fraction of sp³-hybridized carbons (Fsp3) is 0.136. The molecule has 0 amide bonds. The van der Waals surface area contributed by atoms with Crippen molar-refractivity contribution in [2.45, 2.75) is 11.9 Å². The SMILES string of the molecule is Cn1/c(=N/S(=O)(=O)Cc2ccc(C(F)(F)F)cc2)n(-c2ccc(F)cc2)c2ccccc21. The Morgan fingerprint density at radius 3 is 2.06 bits per heavy atom. The number of sulfonamides is 1. The van der Waals surface area contributed by atoms with Crippen LogP contribution in [0.1, 0.15) is 11.1 Å². The first-order valence-electron chi connectivity index (χ1n) is 9.42. The molecule has 0 spiro atoms. The number of alkyl halides is 3. The van der Waals surface area contributed by atoms with E-state index in [1.807, 2.05) is 0 Å². The molecule has 1 aromatic heterocycles. The number of halogens is 4. The first-order chi connectivity index (χ1) is 15.0. The van der Waals surface area contributed by atoms with Gasteiger partial charge >= 0.3 is 6.18 Å². The fourth-order valence-electron chi connectivity index (χ4n) is 3.41. The number of aromatic nitrogens is 2. The van der Waals surface area contributed by atoms with Gasteiger partial charge in [0.25, 0.3) is 10.0 Å². The highest BCUT2D eigenvalue weighted by atomic mass is 32.2. The van der Waals surface area contributed by atoms with Gasteiger partial charge in [0.15, 0.2) is 0 Å². The van der Waals surface area contributed by atoms with Gasteiger partial charge in [-0.05, 0) is 54.1 Å². The van der Waals surface area contributed by atoms with Crippen LogP contribution in [0, 0.1) is 5.82 Å². The van der Waals surface area contributed by atoms with Crippen LogP contribution in [0.25, 0.3) is 16.7 Å². The number of rotatable bonds is 4. The normalized spacial score (nSPS) is 13.1. The van der Waals surface area contributed by atoms with Gasteiger partial charge in [0, 0.05) is 12.7 Å². The quantitative estimate of drug-likeness (QED) is 0.417. The van der Waals surface area contributed by atoms with Crippen molar-refractivity contribution >= 4 is 21.1 Å². The Kier molecular flexibility index (Phi) is 5.41. The third kappa shape index (κ3) is 4.31. The number of nitrogens with zero attached hydrogens (tertiary/aromatic N) is 3. The van der Waals surface area contributed by atoms with Crippen LogP contribution in [0.5, 0.6) is 0 Å². The summed E-state index contributed by atoms with van der Waals surface area (Å²) in [6.07, 6.45) is -4.51. The molecule has 1 heterocycles. The van der Waals surface area contributed by atoms with Gasteiger partial charge in [0.05, 0.1) is 22.3 Å². The van der Waals surface area contributed by atoms with Crippen molar-refractivity contribution in [1.82, 2.24) is 9.13 Å². The van der Waals surface area contributed by atoms with Gasteiger partial charge in [-0.3, -0.25) is 4.57 Å². The van der Waals surface area contributed by atoms with Crippen LogP contribution in [-0.4, -0.2) is 17.6 Å². The molecule has 32 heavy (non-hydrogen) atoms. The summed E-state index contributed by atoms with van der Waals surface area (Å²) >= 11 is 0. The van der Waals surface area contributed by atoms with Gasteiger partial charge in [-0.15, -0.1) is 4.40 Å². The predicted molar refractivity (Wildman–Crippen MR) is 112 cm³/mol. The number of imidazole rings is 1. The summed E-state index contributed by atoms with van der Waals surface area (Å²) < 4.78 is 84.5. The molecule has 0 N–H and O–H groups in total. The minimum absolute atomic E-state index is 0.0738. The minimum atomic E-state index is -4.51. The van der Waals surface area contributed by atoms with Gasteiger partial charge in [0.1, 0.15) is 5.82 Å². The number of aryl methyl sites for hydroxylation is 1. The van der Waals surface area contributed by atoms with Gasteiger partial charge in [-0.2, -0.15) is 13.2 Å². The largest absolute Gasteiger partial charge is 0.416 e. The molecule has 0 saturated heterocycles. The zero-order valence-corrected chi connectivity index (χ0v) is 17.5. The monoisotopic (exact) mass is 463 g/mol. The minimum Gasteiger partial charge on any atom is -0.312 e. The van der Waals surface area contributed by atoms with E-state index in [-0.39, 0.29) is 11.2 Å². The fourth-order valence-corrected chi connectivity index (χ4v) is 4.54. The molecule has 0 unspecified atom stereocenters. The van der Waals surface area contributed by atoms with E-state index in [0.717, 1.165) is 24.3 Å². The molecular weight excluding hydrogens is 446 g/mol. The number of fused-ring (bicyclic) bond motifs is 1. The van der Waals surface area contributed by atoms with Crippen molar-refractivity contribution in [3.05, 3.63) is 95.4 Å². The molecule has 3 aromatic carbocycles. The van der Waals surface area contributed by atoms with Gasteiger partial charge in [-0.25, -0.2) is 12.8 Å². The van der Waals surface area contributed by atoms with E-state index >= 15 is 0 Å². The average molecular weight is 463 g/mol. The standard InChI is InChI=1S/C22H17F4N3O2S/c1-28-19-4-2-3-5-20(19)29(18-12-10-17(23)11-13-18)21(28)27-32(30,31)14-15-6-8-16(9-7-15)22(24,25)26/h2-13H,14H2,1H3/b27-21-. The molecule has 5 nitrogen and oxygen atoms in total. The maximum atomic E-state index is 13.4. The van der Waals surface area contributed by atoms with E-state index in [1.165, 1.54) is 24.3 Å². The van der Waals surface area contributed by atoms with Crippen molar-refractivity contribution < 1.29 is 26.0 Å². The van der Waals surface area contributed by atoms with Crippen molar-refractivity contribution in [1.29, 1.82) is 0 Å². The highest BCUT2D eigenvalue weighted by Crippen LogP contribution is 2.29. The topological polar surface area (TPSA) is 56.4 Å². The van der Waals surface area contributed by atoms with Crippen LogP contribution >= 0.6 is 0 Å². The van der Waals surface area contributed by atoms with Gasteiger partial charge in [0.2, 0.25) is 5.62 Å². The van der Waals surface area contributed by atoms with E-state index in [2.05, 4.69) is 4.40 Å². The molecule has 0 aliphatic carbocycles. The molecule has 4 aromatic rings. The lowest BCUT2D eigenvalue weighted by Crippen LogP contribution is -2.25. The molecule has 0 radical (unpaired) electrons. The second kappa shape index (κ2) is 7.94. The first kappa shape index (κ1) is 21.8. The Morgan fingerprint density at radius 2 is 1.47 bits per heavy atom. The molecule has 4 rings (SSSR count). The summed E-state index contributed by atoms with van der Waals surface area (Å²) in [4.78, 5) is 0. The van der Waals surface area contributed by atoms with E-state index in [4.69, 9.17) is 0 Å². The van der Waals surface area contributed by atoms with Gasteiger partial charge < -0.3 is 4.57 Å². The highest BCUT2D eigenvalue weighted by molar-refractivity contribution is 7.89. The Bertz CT molecular complexity index is 1450. The summed E-state index contributed by atoms with van der Waals surface area (Å²) in [5.41, 5.74) is 1.24.